The van der Waals surface area contributed by atoms with Crippen molar-refractivity contribution in [2.75, 3.05) is 12.3 Å². The molecule has 256 valence electrons. The van der Waals surface area contributed by atoms with E-state index in [4.69, 9.17) is 15.6 Å². The number of aliphatic carboxylic acids is 1. The van der Waals surface area contributed by atoms with E-state index in [0.29, 0.717) is 0 Å². The van der Waals surface area contributed by atoms with Gasteiger partial charge in [-0.3, -0.25) is 4.79 Å². The molecule has 0 fully saturated rings. The average molecular weight is 786 g/mol. The minimum Gasteiger partial charge on any atom is -0.672 e. The summed E-state index contributed by atoms with van der Waals surface area (Å²) in [6.07, 6.45) is 5.20. The number of pyridine rings is 1. The number of carbonyl (C=O) groups is 1. The van der Waals surface area contributed by atoms with Crippen LogP contribution in [0.3, 0.4) is 0 Å². The summed E-state index contributed by atoms with van der Waals surface area (Å²) >= 11 is 0. The second-order valence-electron chi connectivity index (χ2n) is 11.6. The maximum Gasteiger partial charge on any atom is 2.00 e. The van der Waals surface area contributed by atoms with Gasteiger partial charge in [-0.2, -0.15) is 0 Å². The summed E-state index contributed by atoms with van der Waals surface area (Å²) in [6.45, 7) is 3.34. The van der Waals surface area contributed by atoms with Crippen molar-refractivity contribution in [2.45, 2.75) is 33.2 Å². The summed E-state index contributed by atoms with van der Waals surface area (Å²) in [5.74, 6) is -0.833. The quantitative estimate of drug-likeness (QED) is 0.0617. The van der Waals surface area contributed by atoms with Crippen molar-refractivity contribution in [2.24, 2.45) is 0 Å². The standard InChI is InChI=1S/C28H28P2.C13H12N2.C2H4O2.Ru/c1-5-15-25(16-6-1)29(26-17-7-2-8-18-26)23-13-14-24-30(27-19-9-3-10-20-27)28-21-11-4-12-22-28;1-10-5-7-11(8-6-10)13-4-2-3-12(9-14)15-13;1-2(3)4;/h1-12,15-22H,13-14,23-24H2;2-7,14H,9H2,1H3;1H3,(H,3,4);/q;-2;;+2/p+2. The molecule has 6 aromatic rings. The van der Waals surface area contributed by atoms with Crippen molar-refractivity contribution in [3.63, 3.8) is 0 Å². The summed E-state index contributed by atoms with van der Waals surface area (Å²) in [5.41, 5.74) is 11.1. The molecule has 0 atom stereocenters. The number of nitrogens with zero attached hydrogens (tertiary/aromatic N) is 1. The molecule has 1 heterocycles. The van der Waals surface area contributed by atoms with Crippen molar-refractivity contribution >= 4 is 43.0 Å². The zero-order valence-electron chi connectivity index (χ0n) is 28.7. The predicted octanol–water partition coefficient (Wildman–Crippen LogP) is 8.99. The molecule has 0 saturated carbocycles. The Bertz CT molecular complexity index is 1630. The first-order chi connectivity index (χ1) is 23.9. The molecule has 4 nitrogen and oxygen atoms in total. The second kappa shape index (κ2) is 22.8. The number of nitrogens with one attached hydrogen (secondary N) is 1. The summed E-state index contributed by atoms with van der Waals surface area (Å²) in [5, 5.41) is 13.5. The van der Waals surface area contributed by atoms with Gasteiger partial charge in [-0.15, -0.1) is 41.9 Å². The van der Waals surface area contributed by atoms with Gasteiger partial charge >= 0.3 is 19.5 Å². The summed E-state index contributed by atoms with van der Waals surface area (Å²) in [4.78, 5) is 13.4. The first-order valence-electron chi connectivity index (χ1n) is 16.7. The fourth-order valence-corrected chi connectivity index (χ4v) is 10.9. The Morgan fingerprint density at radius 2 is 1.04 bits per heavy atom. The Hall–Kier alpha value is -3.84. The number of carboxylic acid groups (broad SMARTS) is 1. The number of rotatable bonds is 11. The first-order valence-corrected chi connectivity index (χ1v) is 20.1. The van der Waals surface area contributed by atoms with Gasteiger partial charge in [-0.05, 0) is 73.1 Å². The molecule has 0 aliphatic heterocycles. The normalized spacial score (nSPS) is 10.3. The molecule has 0 aliphatic rings. The van der Waals surface area contributed by atoms with Gasteiger partial charge in [0.05, 0.1) is 49.4 Å². The number of unbranched alkanes of at least 4 members (excludes halogenated alkanes) is 1. The van der Waals surface area contributed by atoms with Crippen LogP contribution in [0.1, 0.15) is 31.0 Å². The monoisotopic (exact) mass is 786 g/mol. The van der Waals surface area contributed by atoms with E-state index in [1.807, 2.05) is 43.3 Å². The van der Waals surface area contributed by atoms with E-state index in [0.717, 1.165) is 23.9 Å². The van der Waals surface area contributed by atoms with Crippen LogP contribution in [0.5, 0.6) is 0 Å². The van der Waals surface area contributed by atoms with Crippen LogP contribution in [-0.4, -0.2) is 28.4 Å². The molecule has 7 heteroatoms. The smallest absolute Gasteiger partial charge is 0.672 e. The third kappa shape index (κ3) is 13.8. The van der Waals surface area contributed by atoms with E-state index in [-0.39, 0.29) is 26.0 Å². The molecular weight excluding hydrogens is 740 g/mol. The van der Waals surface area contributed by atoms with Gasteiger partial charge in [-0.25, -0.2) is 0 Å². The van der Waals surface area contributed by atoms with Crippen molar-refractivity contribution in [1.29, 1.82) is 0 Å². The third-order valence-electron chi connectivity index (χ3n) is 7.82. The van der Waals surface area contributed by atoms with Crippen LogP contribution in [0.2, 0.25) is 0 Å². The molecule has 0 spiro atoms. The zero-order chi connectivity index (χ0) is 34.7. The SMILES string of the molecule is CC(=O)O.Cc1c[c-]c(-c2cccc(C[NH-])n2)cc1.[Ru+2].c1ccc([PH+](CCCC[PH+](c2ccccc2)c2ccccc2)c2ccccc2)cc1. The molecule has 2 N–H and O–H groups in total. The minimum atomic E-state index is -0.833. The van der Waals surface area contributed by atoms with Gasteiger partial charge in [0, 0.05) is 12.6 Å². The van der Waals surface area contributed by atoms with Crippen LogP contribution in [0.25, 0.3) is 17.0 Å². The van der Waals surface area contributed by atoms with Crippen LogP contribution in [0, 0.1) is 13.0 Å². The number of hydrogen-bond donors (Lipinski definition) is 1. The Kier molecular flexibility index (Phi) is 18.5. The largest absolute Gasteiger partial charge is 2.00 e. The van der Waals surface area contributed by atoms with Gasteiger partial charge < -0.3 is 15.8 Å². The fraction of sp³-hybridized carbons (Fsp3) is 0.163. The van der Waals surface area contributed by atoms with Gasteiger partial charge in [-0.1, -0.05) is 91.9 Å². The number of aromatic nitrogens is 1. The maximum atomic E-state index is 9.00. The van der Waals surface area contributed by atoms with Gasteiger partial charge in [0.2, 0.25) is 0 Å². The average Bonchev–Trinajstić information content (AvgIpc) is 3.15. The minimum absolute atomic E-state index is 0. The van der Waals surface area contributed by atoms with Crippen LogP contribution in [0.4, 0.5) is 0 Å². The van der Waals surface area contributed by atoms with E-state index >= 15 is 0 Å². The van der Waals surface area contributed by atoms with Gasteiger partial charge in [0.15, 0.2) is 0 Å². The van der Waals surface area contributed by atoms with Gasteiger partial charge in [0.1, 0.15) is 0 Å². The van der Waals surface area contributed by atoms with E-state index in [1.54, 1.807) is 0 Å². The molecular formula is C43H46N2O2P2Ru+2. The fourth-order valence-electron chi connectivity index (χ4n) is 5.46. The van der Waals surface area contributed by atoms with Crippen molar-refractivity contribution in [3.05, 3.63) is 181 Å². The van der Waals surface area contributed by atoms with Crippen LogP contribution in [-0.2, 0) is 30.8 Å². The predicted molar refractivity (Wildman–Crippen MR) is 214 cm³/mol. The molecule has 0 radical (unpaired) electrons. The topological polar surface area (TPSA) is 74.0 Å². The van der Waals surface area contributed by atoms with E-state index in [1.165, 1.54) is 51.9 Å². The molecule has 0 aliphatic carbocycles. The Balaban J connectivity index is 0.000000282. The molecule has 50 heavy (non-hydrogen) atoms. The molecule has 0 bridgehead atoms. The van der Waals surface area contributed by atoms with E-state index in [9.17, 15) is 0 Å². The number of hydrogen-bond acceptors (Lipinski definition) is 2. The number of benzene rings is 5. The maximum absolute atomic E-state index is 9.00. The molecule has 5 aromatic carbocycles. The molecule has 0 unspecified atom stereocenters. The summed E-state index contributed by atoms with van der Waals surface area (Å²) < 4.78 is 0. The van der Waals surface area contributed by atoms with E-state index in [2.05, 4.69) is 132 Å². The molecule has 0 amide bonds. The van der Waals surface area contributed by atoms with Crippen LogP contribution in [0.15, 0.2) is 158 Å². The van der Waals surface area contributed by atoms with Crippen LogP contribution >= 0.6 is 15.8 Å². The zero-order valence-corrected chi connectivity index (χ0v) is 32.4. The Morgan fingerprint density at radius 1 is 0.640 bits per heavy atom. The number of carboxylic acids is 1. The Labute approximate surface area is 313 Å². The van der Waals surface area contributed by atoms with Crippen molar-refractivity contribution in [1.82, 2.24) is 4.98 Å². The van der Waals surface area contributed by atoms with Gasteiger partial charge in [0.25, 0.3) is 5.97 Å². The second-order valence-corrected chi connectivity index (χ2v) is 16.8. The van der Waals surface area contributed by atoms with Crippen molar-refractivity contribution < 1.29 is 29.4 Å². The first kappa shape index (κ1) is 40.6. The number of aryl methyl sites for hydroxylation is 1. The molecule has 6 rings (SSSR count). The van der Waals surface area contributed by atoms with Crippen molar-refractivity contribution in [3.8, 4) is 11.3 Å². The molecule has 0 saturated heterocycles. The molecule has 1 aromatic heterocycles. The summed E-state index contributed by atoms with van der Waals surface area (Å²) in [6, 6.07) is 59.5. The summed E-state index contributed by atoms with van der Waals surface area (Å²) in [7, 11) is -1.43. The Morgan fingerprint density at radius 3 is 1.38 bits per heavy atom. The third-order valence-corrected chi connectivity index (χ3v) is 13.7. The van der Waals surface area contributed by atoms with Crippen LogP contribution < -0.4 is 21.2 Å². The van der Waals surface area contributed by atoms with E-state index < -0.39 is 21.8 Å².